The molecule has 1 aromatic rings. The number of rotatable bonds is 5. The highest BCUT2D eigenvalue weighted by atomic mass is 35.5. The van der Waals surface area contributed by atoms with Crippen molar-refractivity contribution in [1.29, 1.82) is 0 Å². The first-order valence-electron chi connectivity index (χ1n) is 7.99. The van der Waals surface area contributed by atoms with Crippen LogP contribution in [-0.4, -0.2) is 53.1 Å². The maximum atomic E-state index is 13.8. The number of hydrogen-bond donors (Lipinski definition) is 1. The van der Waals surface area contributed by atoms with Gasteiger partial charge in [0.05, 0.1) is 12.6 Å². The molecule has 0 radical (unpaired) electrons. The predicted molar refractivity (Wildman–Crippen MR) is 88.8 cm³/mol. The molecule has 1 aliphatic heterocycles. The number of piperidine rings is 1. The van der Waals surface area contributed by atoms with E-state index < -0.39 is 11.9 Å². The molecular formula is C17H24ClFN2O2. The lowest BCUT2D eigenvalue weighted by molar-refractivity contribution is -0.133. The van der Waals surface area contributed by atoms with Gasteiger partial charge in [-0.1, -0.05) is 24.1 Å². The Kier molecular flexibility index (Phi) is 6.39. The molecule has 0 spiro atoms. The number of carbonyl (C=O) groups is 1. The lowest BCUT2D eigenvalue weighted by Gasteiger charge is -2.37. The minimum absolute atomic E-state index is 0.0122. The Morgan fingerprint density at radius 1 is 1.52 bits per heavy atom. The van der Waals surface area contributed by atoms with E-state index in [-0.39, 0.29) is 25.0 Å². The van der Waals surface area contributed by atoms with E-state index in [0.29, 0.717) is 10.6 Å². The van der Waals surface area contributed by atoms with Crippen molar-refractivity contribution in [3.63, 3.8) is 0 Å². The number of likely N-dealkylation sites (tertiary alicyclic amines) is 1. The van der Waals surface area contributed by atoms with Crippen LogP contribution in [0.3, 0.4) is 0 Å². The Morgan fingerprint density at radius 3 is 2.91 bits per heavy atom. The molecule has 1 aliphatic rings. The number of halogens is 2. The van der Waals surface area contributed by atoms with Crippen LogP contribution in [0.5, 0.6) is 0 Å². The zero-order chi connectivity index (χ0) is 17.0. The smallest absolute Gasteiger partial charge is 0.236 e. The summed E-state index contributed by atoms with van der Waals surface area (Å²) < 4.78 is 13.8. The second kappa shape index (κ2) is 8.08. The number of likely N-dealkylation sites (N-methyl/N-ethyl adjacent to an activating group) is 1. The number of nitrogens with zero attached hydrogens (tertiary/aromatic N) is 2. The zero-order valence-corrected chi connectivity index (χ0v) is 14.4. The minimum atomic E-state index is -0.464. The van der Waals surface area contributed by atoms with Gasteiger partial charge in [0.25, 0.3) is 0 Å². The number of amides is 1. The molecule has 4 nitrogen and oxygen atoms in total. The van der Waals surface area contributed by atoms with Crippen LogP contribution in [0.25, 0.3) is 0 Å². The SMILES string of the molecule is CC(O)C1CCCCN1CC(=O)N(C)Cc1c(F)cccc1Cl. The molecule has 1 aromatic carbocycles. The largest absolute Gasteiger partial charge is 0.392 e. The molecule has 128 valence electrons. The molecule has 1 amide bonds. The molecule has 0 saturated carbocycles. The monoisotopic (exact) mass is 342 g/mol. The van der Waals surface area contributed by atoms with E-state index in [1.165, 1.54) is 11.0 Å². The van der Waals surface area contributed by atoms with Crippen LogP contribution in [0.15, 0.2) is 18.2 Å². The van der Waals surface area contributed by atoms with Crippen LogP contribution in [0.1, 0.15) is 31.7 Å². The maximum Gasteiger partial charge on any atom is 0.236 e. The lowest BCUT2D eigenvalue weighted by Crippen LogP contribution is -2.50. The summed E-state index contributed by atoms with van der Waals surface area (Å²) in [6, 6.07) is 4.52. The first-order chi connectivity index (χ1) is 10.9. The van der Waals surface area contributed by atoms with Gasteiger partial charge >= 0.3 is 0 Å². The molecule has 1 heterocycles. The van der Waals surface area contributed by atoms with Crippen LogP contribution in [0.4, 0.5) is 4.39 Å². The van der Waals surface area contributed by atoms with E-state index >= 15 is 0 Å². The summed E-state index contributed by atoms with van der Waals surface area (Å²) in [6.45, 7) is 2.93. The lowest BCUT2D eigenvalue weighted by atomic mass is 9.98. The molecule has 1 fully saturated rings. The molecule has 2 atom stereocenters. The Labute approximate surface area is 141 Å². The molecule has 0 aliphatic carbocycles. The third-order valence-electron chi connectivity index (χ3n) is 4.44. The Morgan fingerprint density at radius 2 is 2.26 bits per heavy atom. The molecule has 1 saturated heterocycles. The summed E-state index contributed by atoms with van der Waals surface area (Å²) in [5.41, 5.74) is 0.329. The molecule has 23 heavy (non-hydrogen) atoms. The summed E-state index contributed by atoms with van der Waals surface area (Å²) in [5, 5.41) is 10.2. The minimum Gasteiger partial charge on any atom is -0.392 e. The zero-order valence-electron chi connectivity index (χ0n) is 13.6. The van der Waals surface area contributed by atoms with Gasteiger partial charge in [-0.15, -0.1) is 0 Å². The van der Waals surface area contributed by atoms with Crippen molar-refractivity contribution in [2.45, 2.75) is 44.9 Å². The Bertz CT molecular complexity index is 533. The van der Waals surface area contributed by atoms with E-state index in [9.17, 15) is 14.3 Å². The highest BCUT2D eigenvalue weighted by Crippen LogP contribution is 2.22. The van der Waals surface area contributed by atoms with Crippen molar-refractivity contribution >= 4 is 17.5 Å². The van der Waals surface area contributed by atoms with Crippen LogP contribution in [0, 0.1) is 5.82 Å². The fourth-order valence-corrected chi connectivity index (χ4v) is 3.29. The van der Waals surface area contributed by atoms with Crippen LogP contribution >= 0.6 is 11.6 Å². The van der Waals surface area contributed by atoms with Gasteiger partial charge < -0.3 is 10.0 Å². The van der Waals surface area contributed by atoms with E-state index in [1.54, 1.807) is 26.1 Å². The normalized spacial score (nSPS) is 20.3. The summed E-state index contributed by atoms with van der Waals surface area (Å²) in [7, 11) is 1.65. The van der Waals surface area contributed by atoms with Crippen molar-refractivity contribution < 1.29 is 14.3 Å². The predicted octanol–water partition coefficient (Wildman–Crippen LogP) is 2.67. The van der Waals surface area contributed by atoms with Gasteiger partial charge in [-0.25, -0.2) is 4.39 Å². The van der Waals surface area contributed by atoms with Crippen molar-refractivity contribution in [3.05, 3.63) is 34.6 Å². The Hall–Kier alpha value is -1.17. The number of hydrogen-bond acceptors (Lipinski definition) is 3. The number of benzene rings is 1. The molecule has 6 heteroatoms. The fourth-order valence-electron chi connectivity index (χ4n) is 3.06. The van der Waals surface area contributed by atoms with Gasteiger partial charge in [0.15, 0.2) is 0 Å². The van der Waals surface area contributed by atoms with Gasteiger partial charge in [0.1, 0.15) is 5.82 Å². The average Bonchev–Trinajstić information content (AvgIpc) is 2.51. The second-order valence-corrected chi connectivity index (χ2v) is 6.63. The standard InChI is InChI=1S/C17H24ClFN2O2/c1-12(22)16-8-3-4-9-21(16)11-17(23)20(2)10-13-14(18)6-5-7-15(13)19/h5-7,12,16,22H,3-4,8-11H2,1-2H3. The van der Waals surface area contributed by atoms with E-state index in [2.05, 4.69) is 0 Å². The van der Waals surface area contributed by atoms with Gasteiger partial charge in [0.2, 0.25) is 5.91 Å². The van der Waals surface area contributed by atoms with Gasteiger partial charge in [-0.3, -0.25) is 9.69 Å². The summed E-state index contributed by atoms with van der Waals surface area (Å²) in [5.74, 6) is -0.506. The first-order valence-corrected chi connectivity index (χ1v) is 8.37. The molecular weight excluding hydrogens is 319 g/mol. The van der Waals surface area contributed by atoms with Crippen molar-refractivity contribution in [2.24, 2.45) is 0 Å². The molecule has 2 unspecified atom stereocenters. The van der Waals surface area contributed by atoms with Crippen LogP contribution in [-0.2, 0) is 11.3 Å². The van der Waals surface area contributed by atoms with Crippen LogP contribution < -0.4 is 0 Å². The summed E-state index contributed by atoms with van der Waals surface area (Å²) >= 11 is 6.01. The van der Waals surface area contributed by atoms with Crippen molar-refractivity contribution in [2.75, 3.05) is 20.1 Å². The molecule has 1 N–H and O–H groups in total. The van der Waals surface area contributed by atoms with E-state index in [0.717, 1.165) is 25.8 Å². The summed E-state index contributed by atoms with van der Waals surface area (Å²) in [6.07, 6.45) is 2.53. The number of carbonyl (C=O) groups excluding carboxylic acids is 1. The van der Waals surface area contributed by atoms with Gasteiger partial charge in [-0.2, -0.15) is 0 Å². The van der Waals surface area contributed by atoms with Crippen LogP contribution in [0.2, 0.25) is 5.02 Å². The van der Waals surface area contributed by atoms with Crippen molar-refractivity contribution in [3.8, 4) is 0 Å². The van der Waals surface area contributed by atoms with Gasteiger partial charge in [-0.05, 0) is 38.4 Å². The highest BCUT2D eigenvalue weighted by molar-refractivity contribution is 6.31. The topological polar surface area (TPSA) is 43.8 Å². The second-order valence-electron chi connectivity index (χ2n) is 6.22. The fraction of sp³-hybridized carbons (Fsp3) is 0.588. The van der Waals surface area contributed by atoms with E-state index in [4.69, 9.17) is 11.6 Å². The molecule has 0 aromatic heterocycles. The first kappa shape index (κ1) is 18.2. The van der Waals surface area contributed by atoms with E-state index in [1.807, 2.05) is 4.90 Å². The highest BCUT2D eigenvalue weighted by Gasteiger charge is 2.28. The summed E-state index contributed by atoms with van der Waals surface area (Å²) in [4.78, 5) is 16.0. The molecule has 2 rings (SSSR count). The third-order valence-corrected chi connectivity index (χ3v) is 4.80. The molecule has 0 bridgehead atoms. The third kappa shape index (κ3) is 4.66. The quantitative estimate of drug-likeness (QED) is 0.894. The van der Waals surface area contributed by atoms with Gasteiger partial charge in [0, 0.05) is 30.2 Å². The maximum absolute atomic E-state index is 13.8. The van der Waals surface area contributed by atoms with Crippen molar-refractivity contribution in [1.82, 2.24) is 9.80 Å². The number of aliphatic hydroxyl groups excluding tert-OH is 1. The Balaban J connectivity index is 1.99. The number of aliphatic hydroxyl groups is 1. The average molecular weight is 343 g/mol.